The number of carboxylic acids is 1. The molecular formula is C70H114N28O29. The van der Waals surface area contributed by atoms with Gasteiger partial charge in [-0.15, -0.1) is 0 Å². The summed E-state index contributed by atoms with van der Waals surface area (Å²) in [6.45, 7) is 0. The normalized spacial score (nSPS) is 14.1. The van der Waals surface area contributed by atoms with Crippen molar-refractivity contribution in [1.29, 1.82) is 0 Å². The van der Waals surface area contributed by atoms with Crippen LogP contribution in [0.1, 0.15) is 180 Å². The van der Waals surface area contributed by atoms with Crippen LogP contribution in [0.4, 0.5) is 0 Å². The molecule has 0 radical (unpaired) electrons. The monoisotopic (exact) mass is 1810 g/mol. The van der Waals surface area contributed by atoms with E-state index in [1.54, 1.807) is 0 Å². The Balaban J connectivity index is 7.74. The predicted octanol–water partition coefficient (Wildman–Crippen LogP) is -17.6. The molecule has 0 spiro atoms. The summed E-state index contributed by atoms with van der Waals surface area (Å²) in [5.74, 6) is -34.5. The molecule has 57 heteroatoms. The van der Waals surface area contributed by atoms with E-state index in [4.69, 9.17) is 86.0 Å². The van der Waals surface area contributed by atoms with E-state index in [2.05, 4.69) is 69.1 Å². The van der Waals surface area contributed by atoms with Crippen LogP contribution in [0.3, 0.4) is 0 Å². The maximum atomic E-state index is 14.5. The van der Waals surface area contributed by atoms with Gasteiger partial charge in [0.1, 0.15) is 78.5 Å². The van der Waals surface area contributed by atoms with Crippen LogP contribution in [0.15, 0.2) is 0 Å². The lowest BCUT2D eigenvalue weighted by atomic mass is 10.0. The lowest BCUT2D eigenvalue weighted by molar-refractivity contribution is -0.143. The smallest absolute Gasteiger partial charge is 0.326 e. The number of carbonyl (C=O) groups excluding carboxylic acids is 27. The number of aliphatic carboxylic acids is 1. The van der Waals surface area contributed by atoms with E-state index in [9.17, 15) is 139 Å². The second-order valence-electron chi connectivity index (χ2n) is 28.8. The van der Waals surface area contributed by atoms with Crippen molar-refractivity contribution in [3.05, 3.63) is 0 Å². The van der Waals surface area contributed by atoms with Gasteiger partial charge < -0.3 is 160 Å². The quantitative estimate of drug-likeness (QED) is 0.0269. The Bertz CT molecular complexity index is 4030. The van der Waals surface area contributed by atoms with Gasteiger partial charge in [-0.2, -0.15) is 0 Å². The van der Waals surface area contributed by atoms with Crippen molar-refractivity contribution in [3.8, 4) is 0 Å². The van der Waals surface area contributed by atoms with Crippen molar-refractivity contribution >= 4 is 165 Å². The van der Waals surface area contributed by atoms with Gasteiger partial charge in [0.15, 0.2) is 0 Å². The van der Waals surface area contributed by atoms with E-state index in [-0.39, 0.29) is 12.8 Å². The molecule has 0 saturated carbocycles. The Morgan fingerprint density at radius 1 is 0.150 bits per heavy atom. The number of hydrogen-bond donors (Lipinski definition) is 29. The molecule has 0 heterocycles. The van der Waals surface area contributed by atoms with Crippen LogP contribution in [0, 0.1) is 0 Å². The lowest BCUT2D eigenvalue weighted by Gasteiger charge is -2.28. The number of carbonyl (C=O) groups is 28. The summed E-state index contributed by atoms with van der Waals surface area (Å²) in [7, 11) is 0. The van der Waals surface area contributed by atoms with E-state index in [0.29, 0.717) is 0 Å². The molecule has 0 aromatic heterocycles. The average molecular weight is 1810 g/mol. The minimum atomic E-state index is -2.10. The number of rotatable bonds is 69. The van der Waals surface area contributed by atoms with Crippen LogP contribution in [0.2, 0.25) is 0 Å². The minimum absolute atomic E-state index is 0.315. The standard InChI is InChI=1S/C70H114N28O29/c71-29(1-15-43(72)99)57(113)86-30(2-16-44(73)100)58(114)87-31(3-17-45(74)101)59(115)88-32(4-18-46(75)102)60(116)89-33(5-19-47(76)103)61(117)90-34(6-20-48(77)104)62(118)91-35(7-21-49(78)105)63(119)92-36(8-22-50(79)106)64(120)93-37(9-23-51(80)107)65(121)94-38(10-24-52(81)108)66(122)95-39(11-25-53(82)109)67(123)96-40(12-26-54(83)110)68(124)97-41(13-27-55(84)111)69(125)98-42(70(126)127)14-28-56(85)112/h29-42H,1-28,71H2,(H2,72,99)(H2,73,100)(H2,74,101)(H2,75,102)(H2,76,103)(H2,77,104)(H2,78,105)(H2,79,106)(H2,80,107)(H2,81,108)(H2,82,109)(H2,83,110)(H2,84,111)(H2,85,112)(H,86,113)(H,87,114)(H,88,115)(H,89,116)(H,90,117)(H,91,118)(H,92,119)(H,93,120)(H,94,121)(H,95,122)(H,96,123)(H,97,124)(H,98,125)(H,126,127)/t29-,30-,31-,32-,33-,34-,35-,36-,37-,38-,39-,40-,41-,42-/m0/s1. The number of nitrogens with two attached hydrogens (primary N) is 15. The Kier molecular flexibility index (Phi) is 51.4. The van der Waals surface area contributed by atoms with Crippen molar-refractivity contribution in [1.82, 2.24) is 69.1 Å². The first-order valence-corrected chi connectivity index (χ1v) is 39.0. The molecule has 0 unspecified atom stereocenters. The molecule has 708 valence electrons. The third-order valence-corrected chi connectivity index (χ3v) is 18.1. The van der Waals surface area contributed by atoms with Gasteiger partial charge in [-0.1, -0.05) is 0 Å². The first kappa shape index (κ1) is 112. The summed E-state index contributed by atoms with van der Waals surface area (Å²) in [4.78, 5) is 364. The van der Waals surface area contributed by atoms with E-state index in [1.807, 2.05) is 0 Å². The zero-order chi connectivity index (χ0) is 97.2. The van der Waals surface area contributed by atoms with Gasteiger partial charge in [-0.3, -0.25) is 129 Å². The SMILES string of the molecule is NC(=O)CC[C@H](NC(=O)[C@H](CCC(N)=O)NC(=O)[C@H](CCC(N)=O)NC(=O)[C@H](CCC(N)=O)NC(=O)[C@H](CCC(N)=O)NC(=O)[C@H](CCC(N)=O)NC(=O)[C@H](CCC(N)=O)NC(=O)[C@H](CCC(N)=O)NC(=O)[C@H](CCC(N)=O)NC(=O)[C@H](CCC(N)=O)NC(=O)[C@H](CCC(N)=O)NC(=O)[C@H](CCC(N)=O)NC(=O)[C@H](CCC(N)=O)NC(=O)[C@@H](N)CCC(N)=O)C(=O)O. The number of primary amides is 14. The zero-order valence-electron chi connectivity index (χ0n) is 68.9. The van der Waals surface area contributed by atoms with Gasteiger partial charge in [0.05, 0.1) is 6.04 Å². The maximum Gasteiger partial charge on any atom is 0.326 e. The van der Waals surface area contributed by atoms with Crippen LogP contribution in [-0.4, -0.2) is 255 Å². The number of hydrogen-bond acceptors (Lipinski definition) is 29. The molecule has 127 heavy (non-hydrogen) atoms. The third-order valence-electron chi connectivity index (χ3n) is 18.1. The highest BCUT2D eigenvalue weighted by Crippen LogP contribution is 2.15. The van der Waals surface area contributed by atoms with Crippen molar-refractivity contribution in [2.45, 2.75) is 264 Å². The Morgan fingerprint density at radius 2 is 0.236 bits per heavy atom. The second-order valence-corrected chi connectivity index (χ2v) is 28.8. The summed E-state index contributed by atoms with van der Waals surface area (Å²) in [6, 6.07) is -27.2. The van der Waals surface area contributed by atoms with Crippen LogP contribution in [0.5, 0.6) is 0 Å². The van der Waals surface area contributed by atoms with Crippen LogP contribution in [-0.2, 0) is 134 Å². The van der Waals surface area contributed by atoms with Crippen molar-refractivity contribution < 1.29 is 139 Å². The molecule has 57 nitrogen and oxygen atoms in total. The van der Waals surface area contributed by atoms with Crippen LogP contribution in [0.25, 0.3) is 0 Å². The summed E-state index contributed by atoms with van der Waals surface area (Å²) in [5, 5.41) is 38.1. The van der Waals surface area contributed by atoms with Gasteiger partial charge in [0, 0.05) is 89.9 Å². The Hall–Kier alpha value is -14.9. The van der Waals surface area contributed by atoms with Gasteiger partial charge in [0.2, 0.25) is 159 Å². The Labute approximate surface area is 721 Å². The van der Waals surface area contributed by atoms with Gasteiger partial charge in [-0.25, -0.2) is 4.79 Å². The minimum Gasteiger partial charge on any atom is -0.480 e. The Morgan fingerprint density at radius 3 is 0.339 bits per heavy atom. The highest BCUT2D eigenvalue weighted by atomic mass is 16.4. The van der Waals surface area contributed by atoms with Crippen LogP contribution >= 0.6 is 0 Å². The van der Waals surface area contributed by atoms with Gasteiger partial charge in [0.25, 0.3) is 0 Å². The molecule has 0 bridgehead atoms. The molecule has 0 aliphatic carbocycles. The van der Waals surface area contributed by atoms with Crippen molar-refractivity contribution in [3.63, 3.8) is 0 Å². The molecule has 0 saturated heterocycles. The molecule has 0 aliphatic rings. The third kappa shape index (κ3) is 49.7. The van der Waals surface area contributed by atoms with E-state index < -0.39 is 417 Å². The molecule has 0 aromatic rings. The molecule has 0 rings (SSSR count). The molecule has 0 fully saturated rings. The molecular weight excluding hydrogens is 1700 g/mol. The first-order valence-electron chi connectivity index (χ1n) is 39.0. The van der Waals surface area contributed by atoms with Crippen molar-refractivity contribution in [2.75, 3.05) is 0 Å². The molecule has 0 aliphatic heterocycles. The molecule has 0 aromatic carbocycles. The fourth-order valence-corrected chi connectivity index (χ4v) is 11.2. The lowest BCUT2D eigenvalue weighted by Crippen LogP contribution is -2.61. The summed E-state index contributed by atoms with van der Waals surface area (Å²) in [5.41, 5.74) is 80.5. The van der Waals surface area contributed by atoms with Crippen molar-refractivity contribution in [2.24, 2.45) is 86.0 Å². The number of amides is 27. The van der Waals surface area contributed by atoms with E-state index >= 15 is 0 Å². The average Bonchev–Trinajstić information content (AvgIpc) is 1.25. The van der Waals surface area contributed by atoms with Gasteiger partial charge in [-0.05, 0) is 89.9 Å². The first-order chi connectivity index (χ1) is 59.1. The summed E-state index contributed by atoms with van der Waals surface area (Å²) in [6.07, 6.45) is -19.5. The molecule has 27 amide bonds. The number of nitrogens with one attached hydrogen (secondary N) is 13. The van der Waals surface area contributed by atoms with E-state index in [0.717, 1.165) is 0 Å². The topological polar surface area (TPSA) is 1040 Å². The fraction of sp³-hybridized carbons (Fsp3) is 0.600. The summed E-state index contributed by atoms with van der Waals surface area (Å²) >= 11 is 0. The second kappa shape index (κ2) is 58.2. The zero-order valence-corrected chi connectivity index (χ0v) is 68.9. The molecule has 44 N–H and O–H groups in total. The fourth-order valence-electron chi connectivity index (χ4n) is 11.2. The highest BCUT2D eigenvalue weighted by Gasteiger charge is 2.40. The number of carboxylic acid groups (broad SMARTS) is 1. The summed E-state index contributed by atoms with van der Waals surface area (Å²) < 4.78 is 0. The van der Waals surface area contributed by atoms with Gasteiger partial charge >= 0.3 is 5.97 Å². The molecule has 14 atom stereocenters. The van der Waals surface area contributed by atoms with Crippen LogP contribution < -0.4 is 155 Å². The maximum absolute atomic E-state index is 14.5. The predicted molar refractivity (Wildman–Crippen MR) is 429 cm³/mol. The largest absolute Gasteiger partial charge is 0.480 e. The van der Waals surface area contributed by atoms with E-state index in [1.165, 1.54) is 0 Å². The highest BCUT2D eigenvalue weighted by molar-refractivity contribution is 6.02.